The third-order valence-corrected chi connectivity index (χ3v) is 2.08. The maximum absolute atomic E-state index is 7.89. The first kappa shape index (κ1) is 6.43. The van der Waals surface area contributed by atoms with Crippen molar-refractivity contribution in [2.45, 2.75) is 0 Å². The lowest BCUT2D eigenvalue weighted by Crippen LogP contribution is -1.73. The van der Waals surface area contributed by atoms with E-state index < -0.39 is 0 Å². The van der Waals surface area contributed by atoms with Crippen LogP contribution in [-0.2, 0) is 0 Å². The Hall–Kier alpha value is -2.03. The summed E-state index contributed by atoms with van der Waals surface area (Å²) in [7, 11) is 0. The number of nitrogens with one attached hydrogen (secondary N) is 1. The van der Waals surface area contributed by atoms with Gasteiger partial charge in [0.15, 0.2) is 13.0 Å². The van der Waals surface area contributed by atoms with Crippen LogP contribution < -0.4 is 0 Å². The Bertz CT molecular complexity index is 598. The molecule has 1 N–H and O–H groups in total. The van der Waals surface area contributed by atoms with Crippen LogP contribution in [0.5, 0.6) is 0 Å². The Morgan fingerprint density at radius 2 is 2.14 bits per heavy atom. The zero-order valence-electron chi connectivity index (χ0n) is 8.34. The van der Waals surface area contributed by atoms with E-state index in [1.54, 1.807) is 18.4 Å². The molecular formula is C11H8N2O. The summed E-state index contributed by atoms with van der Waals surface area (Å²) in [6, 6.07) is 11.1. The number of hydrogen-bond donors (Lipinski definition) is 1. The lowest BCUT2D eigenvalue weighted by Gasteiger charge is -1.85. The molecule has 3 heteroatoms. The summed E-state index contributed by atoms with van der Waals surface area (Å²) in [4.78, 5) is 5.62. The molecule has 3 aromatic rings. The summed E-state index contributed by atoms with van der Waals surface area (Å²) in [6.07, 6.45) is 1.58. The summed E-state index contributed by atoms with van der Waals surface area (Å²) >= 11 is 0. The predicted octanol–water partition coefficient (Wildman–Crippen LogP) is 2.82. The normalized spacial score (nSPS) is 11.9. The van der Waals surface area contributed by atoms with Crippen LogP contribution in [0.15, 0.2) is 47.1 Å². The number of aromatic nitrogens is 2. The maximum atomic E-state index is 7.89. The number of nitrogens with zero attached hydrogens (tertiary/aromatic N) is 1. The summed E-state index contributed by atoms with van der Waals surface area (Å²) in [5.41, 5.74) is 1.59. The van der Waals surface area contributed by atoms with Crippen molar-refractivity contribution in [3.8, 4) is 11.6 Å². The summed E-state index contributed by atoms with van der Waals surface area (Å²) in [5, 5.41) is 0. The van der Waals surface area contributed by atoms with Crippen LogP contribution in [0.2, 0.25) is 1.41 Å². The number of H-pyrrole nitrogens is 1. The fraction of sp³-hybridized carbons (Fsp3) is 0. The van der Waals surface area contributed by atoms with E-state index in [0.29, 0.717) is 11.6 Å². The van der Waals surface area contributed by atoms with Crippen molar-refractivity contribution in [2.24, 2.45) is 0 Å². The molecule has 0 spiro atoms. The fourth-order valence-electron chi connectivity index (χ4n) is 1.42. The Kier molecular flexibility index (Phi) is 1.26. The molecule has 2 heterocycles. The number of benzene rings is 1. The minimum Gasteiger partial charge on any atom is -0.461 e. The van der Waals surface area contributed by atoms with Gasteiger partial charge in [-0.25, -0.2) is 4.98 Å². The topological polar surface area (TPSA) is 41.8 Å². The second-order valence-electron chi connectivity index (χ2n) is 3.01. The molecule has 0 aliphatic heterocycles. The molecule has 0 atom stereocenters. The lowest BCUT2D eigenvalue weighted by molar-refractivity contribution is 0.578. The molecule has 0 saturated carbocycles. The number of rotatable bonds is 1. The van der Waals surface area contributed by atoms with Crippen molar-refractivity contribution in [1.29, 1.82) is 0 Å². The largest absolute Gasteiger partial charge is 0.461 e. The highest BCUT2D eigenvalue weighted by Gasteiger charge is 2.05. The van der Waals surface area contributed by atoms with Crippen molar-refractivity contribution in [1.82, 2.24) is 9.96 Å². The molecule has 1 aromatic carbocycles. The van der Waals surface area contributed by atoms with Crippen LogP contribution in [0, 0.1) is 0 Å². The first-order valence-electron chi connectivity index (χ1n) is 4.81. The van der Waals surface area contributed by atoms with Crippen LogP contribution in [-0.4, -0.2) is 9.96 Å². The molecule has 14 heavy (non-hydrogen) atoms. The average Bonchev–Trinajstić information content (AvgIpc) is 2.87. The molecule has 2 aromatic heterocycles. The Morgan fingerprint density at radius 1 is 1.21 bits per heavy atom. The monoisotopic (exact) mass is 185 g/mol. The number of imidazole rings is 1. The maximum Gasteiger partial charge on any atom is 0.174 e. The van der Waals surface area contributed by atoms with E-state index in [4.69, 9.17) is 5.83 Å². The quantitative estimate of drug-likeness (QED) is 0.633. The molecule has 68 valence electrons. The molecule has 0 aliphatic rings. The van der Waals surface area contributed by atoms with Gasteiger partial charge in [0.25, 0.3) is 0 Å². The summed E-state index contributed by atoms with van der Waals surface area (Å²) in [5.74, 6) is 1.14. The molecule has 3 rings (SSSR count). The van der Waals surface area contributed by atoms with Crippen molar-refractivity contribution >= 4 is 11.0 Å². The molecule has 3 nitrogen and oxygen atoms in total. The SMILES string of the molecule is [2H]n1c(-c2ccco2)nc2ccccc21. The van der Waals surface area contributed by atoms with E-state index in [1.165, 1.54) is 4.98 Å². The van der Waals surface area contributed by atoms with E-state index in [9.17, 15) is 0 Å². The first-order valence-corrected chi connectivity index (χ1v) is 4.37. The molecule has 0 saturated heterocycles. The van der Waals surface area contributed by atoms with Crippen molar-refractivity contribution < 1.29 is 5.83 Å². The summed E-state index contributed by atoms with van der Waals surface area (Å²) < 4.78 is 13.1. The molecule has 0 aliphatic carbocycles. The van der Waals surface area contributed by atoms with Gasteiger partial charge in [-0.15, -0.1) is 0 Å². The van der Waals surface area contributed by atoms with E-state index in [-0.39, 0.29) is 0 Å². The van der Waals surface area contributed by atoms with Gasteiger partial charge in [0.1, 0.15) is 0 Å². The van der Waals surface area contributed by atoms with Gasteiger partial charge in [-0.3, -0.25) is 0 Å². The van der Waals surface area contributed by atoms with Gasteiger partial charge in [0, 0.05) is 0 Å². The Labute approximate surface area is 81.9 Å². The highest BCUT2D eigenvalue weighted by molar-refractivity contribution is 5.78. The number of aromatic amines is 1. The predicted molar refractivity (Wildman–Crippen MR) is 53.8 cm³/mol. The van der Waals surface area contributed by atoms with Gasteiger partial charge in [0.05, 0.1) is 17.3 Å². The van der Waals surface area contributed by atoms with Crippen LogP contribution in [0.25, 0.3) is 22.6 Å². The lowest BCUT2D eigenvalue weighted by atomic mass is 10.3. The number of furan rings is 1. The first-order chi connectivity index (χ1) is 7.36. The van der Waals surface area contributed by atoms with Crippen molar-refractivity contribution in [3.63, 3.8) is 0 Å². The van der Waals surface area contributed by atoms with Crippen LogP contribution in [0.3, 0.4) is 0 Å². The molecule has 0 fully saturated rings. The van der Waals surface area contributed by atoms with E-state index in [0.717, 1.165) is 11.0 Å². The second kappa shape index (κ2) is 2.73. The molecule has 0 amide bonds. The fourth-order valence-corrected chi connectivity index (χ4v) is 1.42. The smallest absolute Gasteiger partial charge is 0.174 e. The summed E-state index contributed by atoms with van der Waals surface area (Å²) in [6.45, 7) is 0. The van der Waals surface area contributed by atoms with Gasteiger partial charge >= 0.3 is 0 Å². The molecule has 0 radical (unpaired) electrons. The third-order valence-electron chi connectivity index (χ3n) is 2.08. The number of hydrogen-bond acceptors (Lipinski definition) is 2. The average molecular weight is 185 g/mol. The van der Waals surface area contributed by atoms with E-state index >= 15 is 0 Å². The van der Waals surface area contributed by atoms with Crippen molar-refractivity contribution in [2.75, 3.05) is 0 Å². The van der Waals surface area contributed by atoms with Gasteiger partial charge in [-0.1, -0.05) is 12.1 Å². The standard InChI is InChI=1S/C11H8N2O/c1-2-5-9-8(4-1)12-11(13-9)10-6-3-7-14-10/h1-7H,(H,12,13)/i/hD. The van der Waals surface area contributed by atoms with Gasteiger partial charge < -0.3 is 9.39 Å². The third kappa shape index (κ3) is 1.03. The van der Waals surface area contributed by atoms with Gasteiger partial charge in [-0.2, -0.15) is 0 Å². The van der Waals surface area contributed by atoms with E-state index in [1.807, 2.05) is 24.3 Å². The highest BCUT2D eigenvalue weighted by atomic mass is 16.3. The molecule has 0 bridgehead atoms. The van der Waals surface area contributed by atoms with Gasteiger partial charge in [0.2, 0.25) is 0 Å². The second-order valence-corrected chi connectivity index (χ2v) is 3.01. The minimum absolute atomic E-state index is 0.529. The Balaban J connectivity index is 2.33. The zero-order chi connectivity index (χ0) is 10.3. The molecular weight excluding hydrogens is 176 g/mol. The van der Waals surface area contributed by atoms with E-state index in [2.05, 4.69) is 4.98 Å². The number of para-hydroxylation sites is 2. The van der Waals surface area contributed by atoms with Crippen LogP contribution >= 0.6 is 0 Å². The van der Waals surface area contributed by atoms with Crippen LogP contribution in [0.4, 0.5) is 0 Å². The Morgan fingerprint density at radius 3 is 2.93 bits per heavy atom. The number of fused-ring (bicyclic) bond motifs is 1. The highest BCUT2D eigenvalue weighted by Crippen LogP contribution is 2.19. The zero-order valence-corrected chi connectivity index (χ0v) is 7.34. The molecule has 0 unspecified atom stereocenters. The minimum atomic E-state index is 0.529. The van der Waals surface area contributed by atoms with Gasteiger partial charge in [-0.05, 0) is 24.3 Å². The van der Waals surface area contributed by atoms with Crippen LogP contribution in [0.1, 0.15) is 0 Å². The van der Waals surface area contributed by atoms with Crippen molar-refractivity contribution in [3.05, 3.63) is 42.7 Å².